The third-order valence-electron chi connectivity index (χ3n) is 4.15. The molecule has 1 heterocycles. The molecule has 0 radical (unpaired) electrons. The second-order valence-electron chi connectivity index (χ2n) is 6.25. The molecule has 2 N–H and O–H groups in total. The number of ether oxygens (including phenoxy) is 1. The van der Waals surface area contributed by atoms with Crippen LogP contribution in [0.4, 0.5) is 5.69 Å². The summed E-state index contributed by atoms with van der Waals surface area (Å²) in [6.45, 7) is 6.77. The minimum absolute atomic E-state index is 0.414. The number of thiocarbonyl (C=S) groups is 1. The van der Waals surface area contributed by atoms with Crippen LogP contribution in [0.3, 0.4) is 0 Å². The quantitative estimate of drug-likeness (QED) is 0.867. The summed E-state index contributed by atoms with van der Waals surface area (Å²) in [6, 6.07) is 5.93. The Kier molecular flexibility index (Phi) is 4.53. The van der Waals surface area contributed by atoms with Gasteiger partial charge in [-0.3, -0.25) is 0 Å². The maximum absolute atomic E-state index is 5.87. The molecular formula is C16H24N2OS. The molecule has 1 aromatic carbocycles. The molecule has 1 aromatic rings. The predicted molar refractivity (Wildman–Crippen MR) is 88.7 cm³/mol. The van der Waals surface area contributed by atoms with Crippen molar-refractivity contribution < 1.29 is 4.74 Å². The molecule has 1 fully saturated rings. The van der Waals surface area contributed by atoms with Crippen molar-refractivity contribution >= 4 is 22.9 Å². The molecule has 20 heavy (non-hydrogen) atoms. The van der Waals surface area contributed by atoms with E-state index in [1.807, 2.05) is 18.2 Å². The second-order valence-corrected chi connectivity index (χ2v) is 6.69. The number of anilines is 1. The molecule has 0 amide bonds. The van der Waals surface area contributed by atoms with Crippen molar-refractivity contribution in [1.82, 2.24) is 0 Å². The van der Waals surface area contributed by atoms with Crippen molar-refractivity contribution in [3.8, 4) is 5.75 Å². The first-order valence-electron chi connectivity index (χ1n) is 7.16. The van der Waals surface area contributed by atoms with Gasteiger partial charge in [0.1, 0.15) is 10.7 Å². The van der Waals surface area contributed by atoms with Crippen molar-refractivity contribution in [1.29, 1.82) is 0 Å². The Morgan fingerprint density at radius 1 is 1.30 bits per heavy atom. The average molecular weight is 292 g/mol. The molecule has 1 saturated heterocycles. The average Bonchev–Trinajstić information content (AvgIpc) is 2.58. The van der Waals surface area contributed by atoms with Gasteiger partial charge >= 0.3 is 0 Å². The monoisotopic (exact) mass is 292 g/mol. The summed E-state index contributed by atoms with van der Waals surface area (Å²) in [7, 11) is 1.69. The van der Waals surface area contributed by atoms with E-state index in [0.717, 1.165) is 30.1 Å². The van der Waals surface area contributed by atoms with Crippen LogP contribution in [0.1, 0.15) is 38.7 Å². The van der Waals surface area contributed by atoms with Gasteiger partial charge < -0.3 is 15.4 Å². The van der Waals surface area contributed by atoms with E-state index in [2.05, 4.69) is 18.7 Å². The predicted octanol–water partition coefficient (Wildman–Crippen LogP) is 3.35. The largest absolute Gasteiger partial charge is 0.497 e. The van der Waals surface area contributed by atoms with E-state index in [9.17, 15) is 0 Å². The molecule has 0 atom stereocenters. The first kappa shape index (κ1) is 15.1. The van der Waals surface area contributed by atoms with E-state index >= 15 is 0 Å². The van der Waals surface area contributed by atoms with Crippen LogP contribution in [0.2, 0.25) is 0 Å². The zero-order chi connectivity index (χ0) is 14.8. The highest BCUT2D eigenvalue weighted by Gasteiger charge is 2.24. The first-order valence-corrected chi connectivity index (χ1v) is 7.56. The third-order valence-corrected chi connectivity index (χ3v) is 4.37. The lowest BCUT2D eigenvalue weighted by Gasteiger charge is -2.27. The molecule has 1 aliphatic heterocycles. The zero-order valence-corrected chi connectivity index (χ0v) is 13.4. The molecule has 0 saturated carbocycles. The number of methoxy groups -OCH3 is 1. The summed E-state index contributed by atoms with van der Waals surface area (Å²) in [6.07, 6.45) is 3.64. The fourth-order valence-corrected chi connectivity index (χ4v) is 2.94. The number of nitrogens with two attached hydrogens (primary N) is 1. The molecule has 2 rings (SSSR count). The lowest BCUT2D eigenvalue weighted by Crippen LogP contribution is -2.27. The zero-order valence-electron chi connectivity index (χ0n) is 12.6. The maximum atomic E-state index is 5.87. The number of benzene rings is 1. The van der Waals surface area contributed by atoms with Gasteiger partial charge in [0.15, 0.2) is 0 Å². The Morgan fingerprint density at radius 2 is 2.05 bits per heavy atom. The minimum Gasteiger partial charge on any atom is -0.497 e. The van der Waals surface area contributed by atoms with Crippen molar-refractivity contribution in [2.45, 2.75) is 33.1 Å². The van der Waals surface area contributed by atoms with E-state index in [1.54, 1.807) is 7.11 Å². The van der Waals surface area contributed by atoms with Crippen LogP contribution < -0.4 is 15.4 Å². The van der Waals surface area contributed by atoms with E-state index in [-0.39, 0.29) is 0 Å². The Bertz CT molecular complexity index is 499. The highest BCUT2D eigenvalue weighted by atomic mass is 32.1. The fraction of sp³-hybridized carbons (Fsp3) is 0.562. The van der Waals surface area contributed by atoms with Crippen molar-refractivity contribution in [2.75, 3.05) is 25.1 Å². The van der Waals surface area contributed by atoms with Crippen LogP contribution in [0, 0.1) is 5.41 Å². The SMILES string of the molecule is COc1ccc(C(N)=S)c(N2CCCC(C)(C)CC2)c1. The highest BCUT2D eigenvalue weighted by Crippen LogP contribution is 2.34. The summed E-state index contributed by atoms with van der Waals surface area (Å²) in [5.74, 6) is 0.850. The van der Waals surface area contributed by atoms with E-state index < -0.39 is 0 Å². The van der Waals surface area contributed by atoms with Gasteiger partial charge in [0.05, 0.1) is 12.8 Å². The van der Waals surface area contributed by atoms with Gasteiger partial charge in [-0.2, -0.15) is 0 Å². The van der Waals surface area contributed by atoms with Crippen LogP contribution in [-0.2, 0) is 0 Å². The summed E-state index contributed by atoms with van der Waals surface area (Å²) in [4.78, 5) is 2.84. The second kappa shape index (κ2) is 6.00. The Morgan fingerprint density at radius 3 is 2.70 bits per heavy atom. The number of hydrogen-bond acceptors (Lipinski definition) is 3. The Hall–Kier alpha value is -1.29. The van der Waals surface area contributed by atoms with Gasteiger partial charge in [-0.15, -0.1) is 0 Å². The van der Waals surface area contributed by atoms with Crippen LogP contribution >= 0.6 is 12.2 Å². The third kappa shape index (κ3) is 3.42. The van der Waals surface area contributed by atoms with Gasteiger partial charge in [-0.1, -0.05) is 26.1 Å². The lowest BCUT2D eigenvalue weighted by atomic mass is 9.85. The molecule has 1 aliphatic rings. The molecule has 0 bridgehead atoms. The minimum atomic E-state index is 0.414. The molecule has 4 heteroatoms. The number of hydrogen-bond donors (Lipinski definition) is 1. The van der Waals surface area contributed by atoms with Crippen LogP contribution in [0.5, 0.6) is 5.75 Å². The summed E-state index contributed by atoms with van der Waals surface area (Å²) in [5, 5.41) is 0. The van der Waals surface area contributed by atoms with E-state index in [1.165, 1.54) is 19.3 Å². The summed E-state index contributed by atoms with van der Waals surface area (Å²) in [5.41, 5.74) is 8.33. The fourth-order valence-electron chi connectivity index (χ4n) is 2.77. The van der Waals surface area contributed by atoms with E-state index in [0.29, 0.717) is 10.4 Å². The first-order chi connectivity index (χ1) is 9.43. The molecule has 3 nitrogen and oxygen atoms in total. The number of rotatable bonds is 3. The Balaban J connectivity index is 2.32. The molecule has 110 valence electrons. The van der Waals surface area contributed by atoms with Gasteiger partial charge in [0.25, 0.3) is 0 Å². The summed E-state index contributed by atoms with van der Waals surface area (Å²) >= 11 is 5.19. The smallest absolute Gasteiger partial charge is 0.120 e. The summed E-state index contributed by atoms with van der Waals surface area (Å²) < 4.78 is 5.34. The van der Waals surface area contributed by atoms with Crippen molar-refractivity contribution in [3.05, 3.63) is 23.8 Å². The Labute approximate surface area is 127 Å². The molecule has 0 spiro atoms. The van der Waals surface area contributed by atoms with Crippen molar-refractivity contribution in [3.63, 3.8) is 0 Å². The van der Waals surface area contributed by atoms with Gasteiger partial charge in [0, 0.05) is 24.7 Å². The van der Waals surface area contributed by atoms with Gasteiger partial charge in [-0.05, 0) is 36.8 Å². The maximum Gasteiger partial charge on any atom is 0.120 e. The van der Waals surface area contributed by atoms with Gasteiger partial charge in [-0.25, -0.2) is 0 Å². The van der Waals surface area contributed by atoms with Gasteiger partial charge in [0.2, 0.25) is 0 Å². The standard InChI is InChI=1S/C16H24N2OS/c1-16(2)7-4-9-18(10-8-16)14-11-12(19-3)5-6-13(14)15(17)20/h5-6,11H,4,7-10H2,1-3H3,(H2,17,20). The number of nitrogens with zero attached hydrogens (tertiary/aromatic N) is 1. The van der Waals surface area contributed by atoms with Crippen molar-refractivity contribution in [2.24, 2.45) is 11.1 Å². The molecular weight excluding hydrogens is 268 g/mol. The van der Waals surface area contributed by atoms with Crippen LogP contribution in [-0.4, -0.2) is 25.2 Å². The molecule has 0 aliphatic carbocycles. The molecule has 0 unspecified atom stereocenters. The van der Waals surface area contributed by atoms with E-state index in [4.69, 9.17) is 22.7 Å². The van der Waals surface area contributed by atoms with Crippen LogP contribution in [0.25, 0.3) is 0 Å². The van der Waals surface area contributed by atoms with Crippen LogP contribution in [0.15, 0.2) is 18.2 Å². The molecule has 0 aromatic heterocycles. The topological polar surface area (TPSA) is 38.5 Å². The highest BCUT2D eigenvalue weighted by molar-refractivity contribution is 7.80. The normalized spacial score (nSPS) is 18.4. The lowest BCUT2D eigenvalue weighted by molar-refractivity contribution is 0.325.